The van der Waals surface area contributed by atoms with Gasteiger partial charge in [0.1, 0.15) is 0 Å². The molecule has 1 saturated heterocycles. The van der Waals surface area contributed by atoms with Crippen LogP contribution in [0.1, 0.15) is 29.6 Å². The van der Waals surface area contributed by atoms with E-state index in [9.17, 15) is 9.59 Å². The number of carbonyl (C=O) groups is 2. The number of hydrogen-bond acceptors (Lipinski definition) is 4. The van der Waals surface area contributed by atoms with E-state index in [1.54, 1.807) is 36.2 Å². The van der Waals surface area contributed by atoms with Crippen LogP contribution in [-0.2, 0) is 9.47 Å². The van der Waals surface area contributed by atoms with Gasteiger partial charge in [-0.05, 0) is 37.5 Å². The number of amides is 2. The second-order valence-corrected chi connectivity index (χ2v) is 5.37. The van der Waals surface area contributed by atoms with Crippen molar-refractivity contribution in [3.05, 3.63) is 29.8 Å². The molecule has 1 aliphatic heterocycles. The molecule has 6 heteroatoms. The molecule has 1 aromatic carbocycles. The fourth-order valence-corrected chi connectivity index (χ4v) is 2.40. The van der Waals surface area contributed by atoms with Crippen molar-refractivity contribution in [3.63, 3.8) is 0 Å². The molecule has 0 saturated carbocycles. The van der Waals surface area contributed by atoms with Crippen LogP contribution in [0.15, 0.2) is 24.3 Å². The van der Waals surface area contributed by atoms with Crippen LogP contribution in [0.25, 0.3) is 0 Å². The number of anilines is 1. The highest BCUT2D eigenvalue weighted by Gasteiger charge is 2.19. The van der Waals surface area contributed by atoms with E-state index < -0.39 is 5.97 Å². The Hall–Kier alpha value is -2.08. The molecule has 0 bridgehead atoms. The predicted molar refractivity (Wildman–Crippen MR) is 83.0 cm³/mol. The molecule has 1 atom stereocenters. The highest BCUT2D eigenvalue weighted by molar-refractivity contribution is 5.93. The van der Waals surface area contributed by atoms with Crippen LogP contribution in [0.3, 0.4) is 0 Å². The highest BCUT2D eigenvalue weighted by Crippen LogP contribution is 2.15. The van der Waals surface area contributed by atoms with E-state index in [0.29, 0.717) is 17.8 Å². The van der Waals surface area contributed by atoms with Gasteiger partial charge in [-0.2, -0.15) is 0 Å². The molecule has 120 valence electrons. The molecule has 0 unspecified atom stereocenters. The number of nitrogens with zero attached hydrogens (tertiary/aromatic N) is 1. The minimum Gasteiger partial charge on any atom is -0.465 e. The normalized spacial score (nSPS) is 17.6. The minimum atomic E-state index is -0.431. The number of nitrogens with one attached hydrogen (secondary N) is 1. The van der Waals surface area contributed by atoms with Crippen LogP contribution < -0.4 is 5.32 Å². The quantitative estimate of drug-likeness (QED) is 0.868. The Balaban J connectivity index is 1.91. The summed E-state index contributed by atoms with van der Waals surface area (Å²) >= 11 is 0. The second kappa shape index (κ2) is 7.79. The summed E-state index contributed by atoms with van der Waals surface area (Å²) in [4.78, 5) is 25.3. The van der Waals surface area contributed by atoms with Crippen molar-refractivity contribution in [1.29, 1.82) is 0 Å². The Morgan fingerprint density at radius 3 is 2.91 bits per heavy atom. The lowest BCUT2D eigenvalue weighted by Gasteiger charge is -2.27. The maximum absolute atomic E-state index is 12.2. The molecule has 0 aromatic heterocycles. The molecule has 0 aliphatic carbocycles. The summed E-state index contributed by atoms with van der Waals surface area (Å²) in [6.07, 6.45) is 3.31. The molecule has 1 aromatic rings. The number of ether oxygens (including phenoxy) is 2. The van der Waals surface area contributed by atoms with Crippen molar-refractivity contribution in [1.82, 2.24) is 4.90 Å². The lowest BCUT2D eigenvalue weighted by atomic mass is 10.1. The van der Waals surface area contributed by atoms with E-state index in [2.05, 4.69) is 10.1 Å². The summed E-state index contributed by atoms with van der Waals surface area (Å²) in [5.41, 5.74) is 0.961. The van der Waals surface area contributed by atoms with Crippen LogP contribution in [0.4, 0.5) is 10.5 Å². The van der Waals surface area contributed by atoms with Gasteiger partial charge in [0.25, 0.3) is 0 Å². The number of esters is 1. The summed E-state index contributed by atoms with van der Waals surface area (Å²) in [5, 5.41) is 2.77. The van der Waals surface area contributed by atoms with Gasteiger partial charge in [0.15, 0.2) is 0 Å². The van der Waals surface area contributed by atoms with Crippen molar-refractivity contribution in [3.8, 4) is 0 Å². The fourth-order valence-electron chi connectivity index (χ4n) is 2.40. The molecular formula is C16H22N2O4. The lowest BCUT2D eigenvalue weighted by Crippen LogP contribution is -2.39. The van der Waals surface area contributed by atoms with Gasteiger partial charge in [-0.25, -0.2) is 9.59 Å². The summed E-state index contributed by atoms with van der Waals surface area (Å²) in [5.74, 6) is -0.431. The summed E-state index contributed by atoms with van der Waals surface area (Å²) in [6.45, 7) is 1.32. The Labute approximate surface area is 130 Å². The van der Waals surface area contributed by atoms with Gasteiger partial charge < -0.3 is 19.7 Å². The standard InChI is InChI=1S/C16H22N2O4/c1-18(11-14-8-3-4-9-22-14)16(20)17-13-7-5-6-12(10-13)15(19)21-2/h5-7,10,14H,3-4,8-9,11H2,1-2H3,(H,17,20)/t14-/m0/s1. The van der Waals surface area contributed by atoms with E-state index in [4.69, 9.17) is 4.74 Å². The van der Waals surface area contributed by atoms with Crippen LogP contribution in [0, 0.1) is 0 Å². The molecule has 2 amide bonds. The average molecular weight is 306 g/mol. The van der Waals surface area contributed by atoms with Gasteiger partial charge >= 0.3 is 12.0 Å². The van der Waals surface area contributed by atoms with Crippen LogP contribution in [-0.4, -0.2) is 50.3 Å². The zero-order valence-electron chi connectivity index (χ0n) is 13.0. The van der Waals surface area contributed by atoms with Crippen molar-refractivity contribution in [2.24, 2.45) is 0 Å². The SMILES string of the molecule is COC(=O)c1cccc(NC(=O)N(C)C[C@@H]2CCCCO2)c1. The molecule has 1 fully saturated rings. The second-order valence-electron chi connectivity index (χ2n) is 5.37. The van der Waals surface area contributed by atoms with Crippen molar-refractivity contribution in [2.45, 2.75) is 25.4 Å². The zero-order chi connectivity index (χ0) is 15.9. The first kappa shape index (κ1) is 16.3. The minimum absolute atomic E-state index is 0.103. The van der Waals surface area contributed by atoms with E-state index in [0.717, 1.165) is 25.9 Å². The van der Waals surface area contributed by atoms with Gasteiger partial charge in [-0.3, -0.25) is 0 Å². The fraction of sp³-hybridized carbons (Fsp3) is 0.500. The van der Waals surface area contributed by atoms with Crippen LogP contribution in [0.2, 0.25) is 0 Å². The number of hydrogen-bond donors (Lipinski definition) is 1. The van der Waals surface area contributed by atoms with E-state index in [-0.39, 0.29) is 12.1 Å². The summed E-state index contributed by atoms with van der Waals surface area (Å²) in [7, 11) is 3.06. The number of benzene rings is 1. The Kier molecular flexibility index (Phi) is 5.77. The zero-order valence-corrected chi connectivity index (χ0v) is 13.0. The van der Waals surface area contributed by atoms with Crippen molar-refractivity contribution >= 4 is 17.7 Å². The Bertz CT molecular complexity index is 527. The number of urea groups is 1. The van der Waals surface area contributed by atoms with Gasteiger partial charge in [-0.1, -0.05) is 6.07 Å². The topological polar surface area (TPSA) is 67.9 Å². The molecule has 2 rings (SSSR count). The Morgan fingerprint density at radius 1 is 1.41 bits per heavy atom. The predicted octanol–water partition coefficient (Wildman–Crippen LogP) is 2.51. The average Bonchev–Trinajstić information content (AvgIpc) is 2.55. The van der Waals surface area contributed by atoms with E-state index in [1.165, 1.54) is 7.11 Å². The maximum atomic E-state index is 12.2. The van der Waals surface area contributed by atoms with Crippen molar-refractivity contribution in [2.75, 3.05) is 32.6 Å². The molecule has 1 N–H and O–H groups in total. The van der Waals surface area contributed by atoms with Crippen molar-refractivity contribution < 1.29 is 19.1 Å². The third-order valence-corrected chi connectivity index (χ3v) is 3.63. The van der Waals surface area contributed by atoms with E-state index >= 15 is 0 Å². The third kappa shape index (κ3) is 4.46. The van der Waals surface area contributed by atoms with E-state index in [1.807, 2.05) is 0 Å². The molecule has 1 heterocycles. The van der Waals surface area contributed by atoms with Gasteiger partial charge in [0.05, 0.1) is 18.8 Å². The van der Waals surface area contributed by atoms with Gasteiger partial charge in [0, 0.05) is 25.9 Å². The smallest absolute Gasteiger partial charge is 0.337 e. The molecule has 0 radical (unpaired) electrons. The first-order chi connectivity index (χ1) is 10.6. The molecule has 6 nitrogen and oxygen atoms in total. The third-order valence-electron chi connectivity index (χ3n) is 3.63. The first-order valence-electron chi connectivity index (χ1n) is 7.42. The van der Waals surface area contributed by atoms with Gasteiger partial charge in [0.2, 0.25) is 0 Å². The maximum Gasteiger partial charge on any atom is 0.337 e. The Morgan fingerprint density at radius 2 is 2.23 bits per heavy atom. The first-order valence-corrected chi connectivity index (χ1v) is 7.42. The molecule has 22 heavy (non-hydrogen) atoms. The molecule has 1 aliphatic rings. The number of carbonyl (C=O) groups excluding carboxylic acids is 2. The molecular weight excluding hydrogens is 284 g/mol. The summed E-state index contributed by atoms with van der Waals surface area (Å²) in [6, 6.07) is 6.44. The number of rotatable bonds is 4. The van der Waals surface area contributed by atoms with Crippen LogP contribution >= 0.6 is 0 Å². The molecule has 0 spiro atoms. The number of likely N-dealkylation sites (N-methyl/N-ethyl adjacent to an activating group) is 1. The number of methoxy groups -OCH3 is 1. The lowest BCUT2D eigenvalue weighted by molar-refractivity contribution is 0.00463. The summed E-state index contributed by atoms with van der Waals surface area (Å²) < 4.78 is 10.3. The van der Waals surface area contributed by atoms with Crippen LogP contribution in [0.5, 0.6) is 0 Å². The largest absolute Gasteiger partial charge is 0.465 e. The monoisotopic (exact) mass is 306 g/mol. The highest BCUT2D eigenvalue weighted by atomic mass is 16.5. The van der Waals surface area contributed by atoms with Gasteiger partial charge in [-0.15, -0.1) is 0 Å².